The zero-order valence-corrected chi connectivity index (χ0v) is 24.1. The van der Waals surface area contributed by atoms with Crippen LogP contribution in [0.4, 0.5) is 11.4 Å². The minimum Gasteiger partial charge on any atom is -0.307 e. The Bertz CT molecular complexity index is 1480. The van der Waals surface area contributed by atoms with Gasteiger partial charge in [-0.3, -0.25) is 9.52 Å². The third-order valence-electron chi connectivity index (χ3n) is 8.78. The molecule has 0 atom stereocenters. The van der Waals surface area contributed by atoms with E-state index in [1.807, 2.05) is 32.9 Å². The summed E-state index contributed by atoms with van der Waals surface area (Å²) in [5.74, 6) is -0.259. The van der Waals surface area contributed by atoms with Crippen molar-refractivity contribution in [1.82, 2.24) is 4.72 Å². The summed E-state index contributed by atoms with van der Waals surface area (Å²) in [4.78, 5) is 15.7. The SMILES string of the molecule is CCC(C)(C)NS(=O)(=O)c1cccc(C(=O)N2CC3(CCC4(CC4)CC3)c3cc(NS(C)(=O)=O)ccc32)c1. The molecule has 2 spiro atoms. The number of carbonyl (C=O) groups excluding carboxylic acids is 1. The van der Waals surface area contributed by atoms with E-state index in [4.69, 9.17) is 0 Å². The van der Waals surface area contributed by atoms with Crippen LogP contribution in [0.2, 0.25) is 0 Å². The van der Waals surface area contributed by atoms with Crippen LogP contribution in [0.25, 0.3) is 0 Å². The molecule has 3 aliphatic rings. The number of hydrogen-bond donors (Lipinski definition) is 2. The normalized spacial score (nSPS) is 19.9. The van der Waals surface area contributed by atoms with E-state index in [0.717, 1.165) is 43.2 Å². The van der Waals surface area contributed by atoms with Crippen molar-refractivity contribution in [2.75, 3.05) is 22.4 Å². The first-order valence-corrected chi connectivity index (χ1v) is 16.6. The summed E-state index contributed by atoms with van der Waals surface area (Å²) in [5.41, 5.74) is 2.14. The summed E-state index contributed by atoms with van der Waals surface area (Å²) in [6.45, 7) is 6.06. The molecule has 38 heavy (non-hydrogen) atoms. The van der Waals surface area contributed by atoms with Crippen LogP contribution in [0.1, 0.15) is 81.6 Å². The lowest BCUT2D eigenvalue weighted by Gasteiger charge is -2.38. The van der Waals surface area contributed by atoms with Crippen LogP contribution in [0.15, 0.2) is 47.4 Å². The predicted octanol–water partition coefficient (Wildman–Crippen LogP) is 4.78. The van der Waals surface area contributed by atoms with Crippen molar-refractivity contribution in [1.29, 1.82) is 0 Å². The monoisotopic (exact) mass is 559 g/mol. The van der Waals surface area contributed by atoms with Gasteiger partial charge in [-0.25, -0.2) is 21.6 Å². The van der Waals surface area contributed by atoms with Gasteiger partial charge in [-0.15, -0.1) is 0 Å². The van der Waals surface area contributed by atoms with E-state index in [1.165, 1.54) is 25.0 Å². The summed E-state index contributed by atoms with van der Waals surface area (Å²) in [5, 5.41) is 0. The van der Waals surface area contributed by atoms with Gasteiger partial charge in [0.25, 0.3) is 5.91 Å². The first kappa shape index (κ1) is 27.1. The lowest BCUT2D eigenvalue weighted by Crippen LogP contribution is -2.42. The van der Waals surface area contributed by atoms with Crippen LogP contribution in [-0.4, -0.2) is 41.1 Å². The van der Waals surface area contributed by atoms with Gasteiger partial charge in [0.15, 0.2) is 0 Å². The van der Waals surface area contributed by atoms with Crippen LogP contribution < -0.4 is 14.3 Å². The van der Waals surface area contributed by atoms with E-state index >= 15 is 0 Å². The van der Waals surface area contributed by atoms with E-state index in [0.29, 0.717) is 29.6 Å². The summed E-state index contributed by atoms with van der Waals surface area (Å²) in [6, 6.07) is 11.6. The summed E-state index contributed by atoms with van der Waals surface area (Å²) in [6.07, 6.45) is 8.36. The van der Waals surface area contributed by atoms with E-state index in [1.54, 1.807) is 23.1 Å². The van der Waals surface area contributed by atoms with Gasteiger partial charge in [0.1, 0.15) is 0 Å². The highest BCUT2D eigenvalue weighted by molar-refractivity contribution is 7.92. The lowest BCUT2D eigenvalue weighted by atomic mass is 9.66. The predicted molar refractivity (Wildman–Crippen MR) is 150 cm³/mol. The summed E-state index contributed by atoms with van der Waals surface area (Å²) < 4.78 is 55.3. The second kappa shape index (κ2) is 9.06. The molecule has 206 valence electrons. The highest BCUT2D eigenvalue weighted by Gasteiger charge is 2.53. The third kappa shape index (κ3) is 5.22. The van der Waals surface area contributed by atoms with Crippen molar-refractivity contribution < 1.29 is 21.6 Å². The maximum absolute atomic E-state index is 13.9. The molecule has 5 rings (SSSR count). The van der Waals surface area contributed by atoms with Gasteiger partial charge < -0.3 is 4.90 Å². The number of fused-ring (bicyclic) bond motifs is 2. The highest BCUT2D eigenvalue weighted by Crippen LogP contribution is 2.62. The first-order valence-electron chi connectivity index (χ1n) is 13.2. The van der Waals surface area contributed by atoms with Crippen molar-refractivity contribution in [2.45, 2.75) is 81.6 Å². The van der Waals surface area contributed by atoms with Gasteiger partial charge in [0.2, 0.25) is 20.0 Å². The number of nitrogens with zero attached hydrogens (tertiary/aromatic N) is 1. The fourth-order valence-corrected chi connectivity index (χ4v) is 8.02. The second-order valence-corrected chi connectivity index (χ2v) is 15.6. The molecule has 2 fully saturated rings. The molecule has 1 amide bonds. The fraction of sp³-hybridized carbons (Fsp3) is 0.536. The molecule has 2 N–H and O–H groups in total. The molecule has 2 aromatic carbocycles. The third-order valence-corrected chi connectivity index (χ3v) is 11.1. The first-order chi connectivity index (χ1) is 17.7. The molecule has 0 bridgehead atoms. The molecule has 2 aromatic rings. The lowest BCUT2D eigenvalue weighted by molar-refractivity contribution is 0.0980. The van der Waals surface area contributed by atoms with Crippen molar-refractivity contribution in [2.24, 2.45) is 5.41 Å². The molecular formula is C28H37N3O5S2. The Labute approximate surface area is 226 Å². The highest BCUT2D eigenvalue weighted by atomic mass is 32.2. The van der Waals surface area contributed by atoms with Crippen molar-refractivity contribution in [3.8, 4) is 0 Å². The van der Waals surface area contributed by atoms with Crippen LogP contribution in [0, 0.1) is 5.41 Å². The average Bonchev–Trinajstić information content (AvgIpc) is 3.54. The quantitative estimate of drug-likeness (QED) is 0.507. The van der Waals surface area contributed by atoms with Crippen molar-refractivity contribution >= 4 is 37.3 Å². The zero-order valence-electron chi connectivity index (χ0n) is 22.5. The number of sulfonamides is 2. The topological polar surface area (TPSA) is 113 Å². The molecule has 0 unspecified atom stereocenters. The summed E-state index contributed by atoms with van der Waals surface area (Å²) >= 11 is 0. The van der Waals surface area contributed by atoms with Crippen LogP contribution in [0.5, 0.6) is 0 Å². The van der Waals surface area contributed by atoms with E-state index < -0.39 is 25.6 Å². The average molecular weight is 560 g/mol. The minimum atomic E-state index is -3.81. The molecule has 10 heteroatoms. The molecule has 2 aliphatic carbocycles. The van der Waals surface area contributed by atoms with Gasteiger partial charge >= 0.3 is 0 Å². The molecule has 0 aromatic heterocycles. The number of carbonyl (C=O) groups is 1. The molecule has 1 heterocycles. The van der Waals surface area contributed by atoms with Crippen molar-refractivity contribution in [3.63, 3.8) is 0 Å². The van der Waals surface area contributed by atoms with E-state index in [2.05, 4.69) is 9.44 Å². The number of benzene rings is 2. The van der Waals surface area contributed by atoms with Crippen LogP contribution >= 0.6 is 0 Å². The molecule has 1 aliphatic heterocycles. The van der Waals surface area contributed by atoms with Gasteiger partial charge in [0.05, 0.1) is 11.2 Å². The Morgan fingerprint density at radius 1 is 0.974 bits per heavy atom. The van der Waals surface area contributed by atoms with Crippen LogP contribution in [-0.2, 0) is 25.5 Å². The van der Waals surface area contributed by atoms with Gasteiger partial charge in [-0.05, 0) is 106 Å². The van der Waals surface area contributed by atoms with Gasteiger partial charge in [0, 0.05) is 34.4 Å². The largest absolute Gasteiger partial charge is 0.307 e. The fourth-order valence-electron chi connectivity index (χ4n) is 5.94. The van der Waals surface area contributed by atoms with E-state index in [-0.39, 0.29) is 16.2 Å². The Hall–Kier alpha value is -2.43. The zero-order chi connectivity index (χ0) is 27.6. The molecule has 0 saturated heterocycles. The molecule has 0 radical (unpaired) electrons. The maximum atomic E-state index is 13.9. The maximum Gasteiger partial charge on any atom is 0.258 e. The molecule has 2 saturated carbocycles. The standard InChI is InChI=1S/C28H37N3O5S2/c1-5-26(2,3)30-38(35,36)22-8-6-7-20(17-22)25(32)31-19-28(15-13-27(11-12-27)14-16-28)23-18-21(9-10-24(23)31)29-37(4,33)34/h6-10,17-18,29-30H,5,11-16,19H2,1-4H3. The summed E-state index contributed by atoms with van der Waals surface area (Å²) in [7, 11) is -7.26. The Kier molecular flexibility index (Phi) is 6.47. The van der Waals surface area contributed by atoms with Crippen LogP contribution in [0.3, 0.4) is 0 Å². The van der Waals surface area contributed by atoms with Gasteiger partial charge in [-0.2, -0.15) is 0 Å². The number of nitrogens with one attached hydrogen (secondary N) is 2. The molecule has 8 nitrogen and oxygen atoms in total. The van der Waals surface area contributed by atoms with Gasteiger partial charge in [-0.1, -0.05) is 13.0 Å². The number of rotatable bonds is 7. The Morgan fingerprint density at radius 3 is 2.24 bits per heavy atom. The van der Waals surface area contributed by atoms with Crippen molar-refractivity contribution in [3.05, 3.63) is 53.6 Å². The smallest absolute Gasteiger partial charge is 0.258 e. The number of amides is 1. The number of hydrogen-bond acceptors (Lipinski definition) is 5. The molecular weight excluding hydrogens is 522 g/mol. The minimum absolute atomic E-state index is 0.0556. The van der Waals surface area contributed by atoms with E-state index in [9.17, 15) is 21.6 Å². The Balaban J connectivity index is 1.49. The number of anilines is 2. The Morgan fingerprint density at radius 2 is 1.63 bits per heavy atom. The second-order valence-electron chi connectivity index (χ2n) is 12.1.